The van der Waals surface area contributed by atoms with Crippen LogP contribution in [0.2, 0.25) is 0 Å². The highest BCUT2D eigenvalue weighted by Gasteiger charge is 2.09. The summed E-state index contributed by atoms with van der Waals surface area (Å²) in [7, 11) is 0. The molecule has 0 aliphatic heterocycles. The molecule has 28 heavy (non-hydrogen) atoms. The van der Waals surface area contributed by atoms with Crippen molar-refractivity contribution in [2.45, 2.75) is 0 Å². The molecule has 0 heterocycles. The quantitative estimate of drug-likeness (QED) is 0.410. The number of rotatable bonds is 2. The second-order valence-electron chi connectivity index (χ2n) is 6.07. The van der Waals surface area contributed by atoms with E-state index in [1.165, 1.54) is 24.3 Å². The molecule has 0 unspecified atom stereocenters. The van der Waals surface area contributed by atoms with Gasteiger partial charge in [0.15, 0.2) is 0 Å². The molecule has 0 spiro atoms. The fourth-order valence-electron chi connectivity index (χ4n) is 2.77. The zero-order valence-corrected chi connectivity index (χ0v) is 14.5. The van der Waals surface area contributed by atoms with Gasteiger partial charge in [-0.3, -0.25) is 0 Å². The van der Waals surface area contributed by atoms with Crippen molar-refractivity contribution in [2.24, 2.45) is 0 Å². The lowest BCUT2D eigenvalue weighted by Gasteiger charge is -2.02. The van der Waals surface area contributed by atoms with Crippen LogP contribution in [0.1, 0.15) is 20.7 Å². The van der Waals surface area contributed by atoms with Gasteiger partial charge in [0, 0.05) is 0 Å². The van der Waals surface area contributed by atoms with Gasteiger partial charge >= 0.3 is 11.9 Å². The zero-order valence-electron chi connectivity index (χ0n) is 14.5. The van der Waals surface area contributed by atoms with E-state index < -0.39 is 11.9 Å². The van der Waals surface area contributed by atoms with E-state index in [-0.39, 0.29) is 22.6 Å². The Kier molecular flexibility index (Phi) is 5.13. The van der Waals surface area contributed by atoms with Crippen molar-refractivity contribution in [3.63, 3.8) is 0 Å². The lowest BCUT2D eigenvalue weighted by molar-refractivity contribution is 0.0684. The smallest absolute Gasteiger partial charge is 0.339 e. The monoisotopic (exact) mass is 376 g/mol. The SMILES string of the molecule is O=C(O)c1cc2ccccc2cc1O.O=C(O)c1ccc2cc(O)ccc2c1. The van der Waals surface area contributed by atoms with Gasteiger partial charge in [-0.05, 0) is 57.9 Å². The lowest BCUT2D eigenvalue weighted by Crippen LogP contribution is -1.96. The number of hydrogen-bond donors (Lipinski definition) is 4. The van der Waals surface area contributed by atoms with Crippen molar-refractivity contribution >= 4 is 33.5 Å². The number of carboxylic acid groups (broad SMARTS) is 2. The third kappa shape index (κ3) is 4.02. The third-order valence-corrected chi connectivity index (χ3v) is 4.17. The van der Waals surface area contributed by atoms with Gasteiger partial charge in [-0.2, -0.15) is 0 Å². The molecule has 6 heteroatoms. The minimum atomic E-state index is -1.12. The van der Waals surface area contributed by atoms with E-state index in [0.717, 1.165) is 21.5 Å². The first-order chi connectivity index (χ1) is 13.3. The Morgan fingerprint density at radius 1 is 0.607 bits per heavy atom. The van der Waals surface area contributed by atoms with Crippen LogP contribution in [0.3, 0.4) is 0 Å². The van der Waals surface area contributed by atoms with Crippen LogP contribution in [-0.2, 0) is 0 Å². The summed E-state index contributed by atoms with van der Waals surface area (Å²) >= 11 is 0. The molecule has 0 bridgehead atoms. The van der Waals surface area contributed by atoms with E-state index in [0.29, 0.717) is 0 Å². The molecule has 0 aliphatic rings. The fourth-order valence-corrected chi connectivity index (χ4v) is 2.77. The minimum Gasteiger partial charge on any atom is -0.508 e. The maximum atomic E-state index is 10.7. The molecule has 4 aromatic rings. The van der Waals surface area contributed by atoms with Gasteiger partial charge in [-0.1, -0.05) is 36.4 Å². The van der Waals surface area contributed by atoms with Crippen LogP contribution in [0, 0.1) is 0 Å². The Bertz CT molecular complexity index is 1200. The van der Waals surface area contributed by atoms with Gasteiger partial charge in [0.2, 0.25) is 0 Å². The number of fused-ring (bicyclic) bond motifs is 2. The molecule has 0 amide bonds. The Morgan fingerprint density at radius 2 is 1.18 bits per heavy atom. The molecule has 0 radical (unpaired) electrons. The molecule has 0 aliphatic carbocycles. The molecule has 4 aromatic carbocycles. The van der Waals surface area contributed by atoms with E-state index in [4.69, 9.17) is 10.2 Å². The molecule has 0 saturated carbocycles. The van der Waals surface area contributed by atoms with E-state index in [2.05, 4.69) is 0 Å². The number of aromatic hydroxyl groups is 2. The average molecular weight is 376 g/mol. The average Bonchev–Trinajstić information content (AvgIpc) is 2.67. The normalized spacial score (nSPS) is 10.3. The number of carboxylic acids is 2. The Labute approximate surface area is 159 Å². The highest BCUT2D eigenvalue weighted by molar-refractivity contribution is 5.97. The maximum Gasteiger partial charge on any atom is 0.339 e. The van der Waals surface area contributed by atoms with Crippen molar-refractivity contribution in [3.8, 4) is 11.5 Å². The van der Waals surface area contributed by atoms with Gasteiger partial charge in [0.1, 0.15) is 17.1 Å². The summed E-state index contributed by atoms with van der Waals surface area (Å²) in [5.74, 6) is -2.08. The first kappa shape index (κ1) is 18.7. The van der Waals surface area contributed by atoms with Gasteiger partial charge < -0.3 is 20.4 Å². The highest BCUT2D eigenvalue weighted by Crippen LogP contribution is 2.24. The Morgan fingerprint density at radius 3 is 1.82 bits per heavy atom. The summed E-state index contributed by atoms with van der Waals surface area (Å²) in [4.78, 5) is 21.4. The van der Waals surface area contributed by atoms with Gasteiger partial charge in [0.25, 0.3) is 0 Å². The second kappa shape index (κ2) is 7.67. The largest absolute Gasteiger partial charge is 0.508 e. The molecule has 0 atom stereocenters. The van der Waals surface area contributed by atoms with Crippen LogP contribution in [0.4, 0.5) is 0 Å². The molecule has 0 fully saturated rings. The standard InChI is InChI=1S/2C11H8O3/c12-10-4-3-7-5-9(11(13)14)2-1-8(7)6-10;12-10-6-8-4-2-1-3-7(8)5-9(10)11(13)14/h2*1-6,12H,(H,13,14). The summed E-state index contributed by atoms with van der Waals surface area (Å²) in [6.07, 6.45) is 0. The molecule has 140 valence electrons. The Hall–Kier alpha value is -4.06. The van der Waals surface area contributed by atoms with Crippen LogP contribution in [0.5, 0.6) is 11.5 Å². The van der Waals surface area contributed by atoms with E-state index >= 15 is 0 Å². The molecule has 4 rings (SSSR count). The van der Waals surface area contributed by atoms with Crippen molar-refractivity contribution < 1.29 is 30.0 Å². The number of hydrogen-bond acceptors (Lipinski definition) is 4. The minimum absolute atomic E-state index is 0.0660. The van der Waals surface area contributed by atoms with Crippen molar-refractivity contribution in [3.05, 3.63) is 83.9 Å². The van der Waals surface area contributed by atoms with Crippen LogP contribution in [0.15, 0.2) is 72.8 Å². The fraction of sp³-hybridized carbons (Fsp3) is 0. The van der Waals surface area contributed by atoms with Gasteiger partial charge in [0.05, 0.1) is 5.56 Å². The zero-order chi connectivity index (χ0) is 20.3. The van der Waals surface area contributed by atoms with Crippen molar-refractivity contribution in [1.29, 1.82) is 0 Å². The number of aromatic carboxylic acids is 2. The topological polar surface area (TPSA) is 115 Å². The second-order valence-corrected chi connectivity index (χ2v) is 6.07. The third-order valence-electron chi connectivity index (χ3n) is 4.17. The number of benzene rings is 4. The summed E-state index contributed by atoms with van der Waals surface area (Å²) in [5, 5.41) is 39.4. The predicted octanol–water partition coefficient (Wildman–Crippen LogP) is 4.49. The number of phenolic OH excluding ortho intramolecular Hbond substituents is 1. The van der Waals surface area contributed by atoms with E-state index in [9.17, 15) is 19.8 Å². The predicted molar refractivity (Wildman–Crippen MR) is 105 cm³/mol. The number of carbonyl (C=O) groups is 2. The van der Waals surface area contributed by atoms with Gasteiger partial charge in [-0.25, -0.2) is 9.59 Å². The summed E-state index contributed by atoms with van der Waals surface area (Å²) in [6.45, 7) is 0. The first-order valence-electron chi connectivity index (χ1n) is 8.26. The van der Waals surface area contributed by atoms with Crippen molar-refractivity contribution in [1.82, 2.24) is 0 Å². The molecule has 0 aromatic heterocycles. The van der Waals surface area contributed by atoms with Crippen LogP contribution in [0.25, 0.3) is 21.5 Å². The first-order valence-corrected chi connectivity index (χ1v) is 8.26. The summed E-state index contributed by atoms with van der Waals surface area (Å²) in [5.41, 5.74) is 0.187. The maximum absolute atomic E-state index is 10.7. The van der Waals surface area contributed by atoms with E-state index in [1.807, 2.05) is 18.2 Å². The summed E-state index contributed by atoms with van der Waals surface area (Å²) in [6, 6.07) is 19.8. The lowest BCUT2D eigenvalue weighted by atomic mass is 10.1. The van der Waals surface area contributed by atoms with Gasteiger partial charge in [-0.15, -0.1) is 0 Å². The molecule has 4 N–H and O–H groups in total. The highest BCUT2D eigenvalue weighted by atomic mass is 16.4. The molecular weight excluding hydrogens is 360 g/mol. The van der Waals surface area contributed by atoms with Crippen LogP contribution >= 0.6 is 0 Å². The molecular formula is C22H16O6. The summed E-state index contributed by atoms with van der Waals surface area (Å²) < 4.78 is 0. The molecule has 6 nitrogen and oxygen atoms in total. The van der Waals surface area contributed by atoms with E-state index in [1.54, 1.807) is 30.3 Å². The number of phenols is 2. The molecule has 0 saturated heterocycles. The van der Waals surface area contributed by atoms with Crippen LogP contribution < -0.4 is 0 Å². The van der Waals surface area contributed by atoms with Crippen LogP contribution in [-0.4, -0.2) is 32.4 Å². The van der Waals surface area contributed by atoms with Crippen molar-refractivity contribution in [2.75, 3.05) is 0 Å². The Balaban J connectivity index is 0.000000161.